The number of aryl methyl sites for hydroxylation is 1. The summed E-state index contributed by atoms with van der Waals surface area (Å²) in [6.07, 6.45) is 0.944. The molecule has 0 amide bonds. The van der Waals surface area contributed by atoms with Gasteiger partial charge in [0.15, 0.2) is 11.5 Å². The van der Waals surface area contributed by atoms with E-state index >= 15 is 0 Å². The summed E-state index contributed by atoms with van der Waals surface area (Å²) in [7, 11) is 0. The van der Waals surface area contributed by atoms with Crippen molar-refractivity contribution in [2.24, 2.45) is 0 Å². The van der Waals surface area contributed by atoms with Crippen LogP contribution in [0.15, 0.2) is 12.1 Å². The van der Waals surface area contributed by atoms with Crippen LogP contribution in [-0.4, -0.2) is 6.29 Å². The highest BCUT2D eigenvalue weighted by atomic mass is 19.3. The van der Waals surface area contributed by atoms with Gasteiger partial charge in [0.25, 0.3) is 0 Å². The average molecular weight is 284 g/mol. The van der Waals surface area contributed by atoms with Crippen LogP contribution in [0.1, 0.15) is 63.5 Å². The zero-order valence-corrected chi connectivity index (χ0v) is 12.3. The van der Waals surface area contributed by atoms with E-state index in [1.165, 1.54) is 0 Å². The summed E-state index contributed by atoms with van der Waals surface area (Å²) < 4.78 is 36.4. The maximum atomic E-state index is 13.4. The molecule has 1 aliphatic rings. The molecule has 2 rings (SSSR count). The third-order valence-corrected chi connectivity index (χ3v) is 3.76. The number of ether oxygens (including phenoxy) is 2. The standard InChI is InChI=1S/C16H22F2O2/c1-4-7-11(6-3)13-10-9-12(8-5-2)14-15(13)20-16(17,18)19-14/h9-11H,4-8H2,1-3H3. The lowest BCUT2D eigenvalue weighted by Crippen LogP contribution is -2.26. The van der Waals surface area contributed by atoms with E-state index in [0.29, 0.717) is 6.42 Å². The van der Waals surface area contributed by atoms with E-state index in [-0.39, 0.29) is 17.4 Å². The third-order valence-electron chi connectivity index (χ3n) is 3.76. The lowest BCUT2D eigenvalue weighted by molar-refractivity contribution is -0.287. The van der Waals surface area contributed by atoms with Gasteiger partial charge in [0.1, 0.15) is 0 Å². The molecule has 1 heterocycles. The number of rotatable bonds is 6. The quantitative estimate of drug-likeness (QED) is 0.710. The molecule has 20 heavy (non-hydrogen) atoms. The number of fused-ring (bicyclic) bond motifs is 1. The molecular formula is C16H22F2O2. The van der Waals surface area contributed by atoms with Crippen molar-refractivity contribution >= 4 is 0 Å². The molecule has 4 heteroatoms. The summed E-state index contributed by atoms with van der Waals surface area (Å²) in [4.78, 5) is 0. The van der Waals surface area contributed by atoms with Crippen LogP contribution >= 0.6 is 0 Å². The smallest absolute Gasteiger partial charge is 0.395 e. The number of benzene rings is 1. The maximum absolute atomic E-state index is 13.4. The predicted octanol–water partition coefficient (Wildman–Crippen LogP) is 5.25. The fraction of sp³-hybridized carbons (Fsp3) is 0.625. The summed E-state index contributed by atoms with van der Waals surface area (Å²) in [5.41, 5.74) is 1.65. The van der Waals surface area contributed by atoms with Gasteiger partial charge in [-0.05, 0) is 30.7 Å². The molecular weight excluding hydrogens is 262 g/mol. The fourth-order valence-corrected chi connectivity index (χ4v) is 2.81. The molecule has 1 aliphatic heterocycles. The molecule has 112 valence electrons. The number of halogens is 2. The number of alkyl halides is 2. The lowest BCUT2D eigenvalue weighted by atomic mass is 9.90. The molecule has 0 N–H and O–H groups in total. The van der Waals surface area contributed by atoms with Crippen LogP contribution < -0.4 is 9.47 Å². The lowest BCUT2D eigenvalue weighted by Gasteiger charge is -2.17. The maximum Gasteiger partial charge on any atom is 0.586 e. The van der Waals surface area contributed by atoms with E-state index < -0.39 is 6.29 Å². The third kappa shape index (κ3) is 2.89. The second-order valence-electron chi connectivity index (χ2n) is 5.28. The van der Waals surface area contributed by atoms with Gasteiger partial charge >= 0.3 is 6.29 Å². The molecule has 0 aliphatic carbocycles. The van der Waals surface area contributed by atoms with Gasteiger partial charge in [-0.2, -0.15) is 0 Å². The second-order valence-corrected chi connectivity index (χ2v) is 5.28. The van der Waals surface area contributed by atoms with E-state index in [1.54, 1.807) is 0 Å². The summed E-state index contributed by atoms with van der Waals surface area (Å²) in [6.45, 7) is 6.18. The molecule has 0 radical (unpaired) electrons. The van der Waals surface area contributed by atoms with Gasteiger partial charge in [0.05, 0.1) is 0 Å². The minimum atomic E-state index is -3.54. The number of hydrogen-bond acceptors (Lipinski definition) is 2. The molecule has 1 unspecified atom stereocenters. The zero-order valence-electron chi connectivity index (χ0n) is 12.3. The minimum absolute atomic E-state index is 0.238. The molecule has 1 aromatic rings. The van der Waals surface area contributed by atoms with Crippen LogP contribution in [0.5, 0.6) is 11.5 Å². The van der Waals surface area contributed by atoms with Crippen LogP contribution in [0, 0.1) is 0 Å². The van der Waals surface area contributed by atoms with Crippen molar-refractivity contribution in [2.75, 3.05) is 0 Å². The number of hydrogen-bond donors (Lipinski definition) is 0. The molecule has 0 spiro atoms. The Balaban J connectivity index is 2.44. The van der Waals surface area contributed by atoms with Gasteiger partial charge < -0.3 is 9.47 Å². The Kier molecular flexibility index (Phi) is 4.51. The molecule has 2 nitrogen and oxygen atoms in total. The Morgan fingerprint density at radius 2 is 1.75 bits per heavy atom. The van der Waals surface area contributed by atoms with E-state index in [4.69, 9.17) is 9.47 Å². The van der Waals surface area contributed by atoms with Crippen molar-refractivity contribution < 1.29 is 18.3 Å². The summed E-state index contributed by atoms with van der Waals surface area (Å²) in [6, 6.07) is 3.83. The monoisotopic (exact) mass is 284 g/mol. The normalized spacial score (nSPS) is 17.2. The molecule has 0 bridgehead atoms. The van der Waals surface area contributed by atoms with E-state index in [0.717, 1.165) is 36.8 Å². The molecule has 0 saturated carbocycles. The van der Waals surface area contributed by atoms with Crippen LogP contribution in [0.2, 0.25) is 0 Å². The van der Waals surface area contributed by atoms with E-state index in [2.05, 4.69) is 13.8 Å². The van der Waals surface area contributed by atoms with Gasteiger partial charge in [0.2, 0.25) is 0 Å². The van der Waals surface area contributed by atoms with Gasteiger partial charge in [-0.3, -0.25) is 0 Å². The largest absolute Gasteiger partial charge is 0.586 e. The first-order chi connectivity index (χ1) is 9.52. The van der Waals surface area contributed by atoms with Crippen LogP contribution in [0.25, 0.3) is 0 Å². The molecule has 0 aromatic heterocycles. The van der Waals surface area contributed by atoms with Crippen molar-refractivity contribution in [2.45, 2.75) is 65.1 Å². The molecule has 1 atom stereocenters. The Bertz CT molecular complexity index is 472. The Labute approximate surface area is 119 Å². The van der Waals surface area contributed by atoms with Crippen molar-refractivity contribution in [1.29, 1.82) is 0 Å². The molecule has 1 aromatic carbocycles. The Morgan fingerprint density at radius 3 is 2.35 bits per heavy atom. The predicted molar refractivity (Wildman–Crippen MR) is 74.6 cm³/mol. The fourth-order valence-electron chi connectivity index (χ4n) is 2.81. The Hall–Kier alpha value is -1.32. The van der Waals surface area contributed by atoms with Gasteiger partial charge in [-0.1, -0.05) is 45.7 Å². The van der Waals surface area contributed by atoms with Crippen molar-refractivity contribution in [3.8, 4) is 11.5 Å². The zero-order chi connectivity index (χ0) is 14.8. The van der Waals surface area contributed by atoms with Crippen LogP contribution in [0.4, 0.5) is 8.78 Å². The molecule has 0 fully saturated rings. The van der Waals surface area contributed by atoms with Crippen molar-refractivity contribution in [3.05, 3.63) is 23.3 Å². The van der Waals surface area contributed by atoms with Gasteiger partial charge in [-0.25, -0.2) is 0 Å². The first-order valence-corrected chi connectivity index (χ1v) is 7.44. The topological polar surface area (TPSA) is 18.5 Å². The highest BCUT2D eigenvalue weighted by molar-refractivity contribution is 5.55. The average Bonchev–Trinajstić information content (AvgIpc) is 2.73. The van der Waals surface area contributed by atoms with Crippen molar-refractivity contribution in [3.63, 3.8) is 0 Å². The van der Waals surface area contributed by atoms with E-state index in [9.17, 15) is 8.78 Å². The van der Waals surface area contributed by atoms with Gasteiger partial charge in [0, 0.05) is 5.56 Å². The second kappa shape index (κ2) is 5.98. The molecule has 0 saturated heterocycles. The van der Waals surface area contributed by atoms with Crippen LogP contribution in [0.3, 0.4) is 0 Å². The summed E-state index contributed by atoms with van der Waals surface area (Å²) >= 11 is 0. The first-order valence-electron chi connectivity index (χ1n) is 7.44. The highest BCUT2D eigenvalue weighted by Crippen LogP contribution is 2.49. The van der Waals surface area contributed by atoms with Crippen molar-refractivity contribution in [1.82, 2.24) is 0 Å². The van der Waals surface area contributed by atoms with Gasteiger partial charge in [-0.15, -0.1) is 8.78 Å². The summed E-state index contributed by atoms with van der Waals surface area (Å²) in [5, 5.41) is 0. The minimum Gasteiger partial charge on any atom is -0.395 e. The summed E-state index contributed by atoms with van der Waals surface area (Å²) in [5.74, 6) is 0.729. The van der Waals surface area contributed by atoms with Crippen LogP contribution in [-0.2, 0) is 6.42 Å². The van der Waals surface area contributed by atoms with E-state index in [1.807, 2.05) is 19.1 Å². The first kappa shape index (κ1) is 15.1. The SMILES string of the molecule is CCCc1ccc(C(CC)CCC)c2c1OC(F)(F)O2. The highest BCUT2D eigenvalue weighted by Gasteiger charge is 2.46. The Morgan fingerprint density at radius 1 is 1.05 bits per heavy atom.